The number of alkyl halides is 6. The molecule has 23 heteroatoms. The summed E-state index contributed by atoms with van der Waals surface area (Å²) in [6.45, 7) is 22.4. The first-order chi connectivity index (χ1) is 50.4. The van der Waals surface area contributed by atoms with E-state index in [1.807, 2.05) is 92.8 Å². The second-order valence-corrected chi connectivity index (χ2v) is 29.0. The molecule has 9 heterocycles. The Hall–Kier alpha value is -11.1. The summed E-state index contributed by atoms with van der Waals surface area (Å²) in [6, 6.07) is 46.1. The molecule has 0 aliphatic carbocycles. The molecule has 17 nitrogen and oxygen atoms in total. The summed E-state index contributed by atoms with van der Waals surface area (Å²) >= 11 is 0. The number of imidazole rings is 2. The predicted molar refractivity (Wildman–Crippen MR) is 415 cm³/mol. The maximum Gasteiger partial charge on any atom is 0.434 e. The number of amides is 3. The van der Waals surface area contributed by atoms with Crippen molar-refractivity contribution in [1.29, 1.82) is 0 Å². The van der Waals surface area contributed by atoms with Crippen LogP contribution in [0.2, 0.25) is 0 Å². The predicted octanol–water partition coefficient (Wildman–Crippen LogP) is 20.0. The van der Waals surface area contributed by atoms with Crippen LogP contribution in [-0.4, -0.2) is 73.3 Å². The zero-order chi connectivity index (χ0) is 75.4. The summed E-state index contributed by atoms with van der Waals surface area (Å²) in [5.74, 6) is 5.00. The van der Waals surface area contributed by atoms with Gasteiger partial charge in [-0.15, -0.1) is 0 Å². The van der Waals surface area contributed by atoms with Gasteiger partial charge in [0.2, 0.25) is 17.7 Å². The number of fused-ring (bicyclic) bond motifs is 3. The van der Waals surface area contributed by atoms with Gasteiger partial charge in [-0.1, -0.05) is 223 Å². The Labute approximate surface area is 633 Å². The number of carbonyl (C=O) groups is 3. The van der Waals surface area contributed by atoms with Crippen molar-refractivity contribution in [3.05, 3.63) is 244 Å². The van der Waals surface area contributed by atoms with E-state index in [9.17, 15) is 40.7 Å². The fraction of sp³-hybridized carbons (Fsp3) is 0.337. The number of halogens is 6. The van der Waals surface area contributed by atoms with Gasteiger partial charge in [0.25, 0.3) is 0 Å². The first-order valence-electron chi connectivity index (χ1n) is 35.3. The average Bonchev–Trinajstić information content (AvgIpc) is 1.67. The van der Waals surface area contributed by atoms with Gasteiger partial charge >= 0.3 is 12.4 Å². The smallest absolute Gasteiger partial charge is 0.372 e. The molecule has 5 aromatic heterocycles. The Kier molecular flexibility index (Phi) is 23.6. The van der Waals surface area contributed by atoms with Gasteiger partial charge in [-0.2, -0.15) is 26.3 Å². The molecule has 0 N–H and O–H groups in total. The Morgan fingerprint density at radius 2 is 0.807 bits per heavy atom. The Bertz CT molecular complexity index is 4900. The highest BCUT2D eigenvalue weighted by Gasteiger charge is 2.42. The molecule has 4 aliphatic heterocycles. The summed E-state index contributed by atoms with van der Waals surface area (Å²) in [5, 5.41) is 0. The van der Waals surface area contributed by atoms with Crippen LogP contribution in [-0.2, 0) is 71.4 Å². The first-order valence-corrected chi connectivity index (χ1v) is 35.3. The van der Waals surface area contributed by atoms with Crippen molar-refractivity contribution in [2.24, 2.45) is 19.5 Å². The number of hydrogen-bond acceptors (Lipinski definition) is 12. The third-order valence-corrected chi connectivity index (χ3v) is 19.9. The molecule has 568 valence electrons. The van der Waals surface area contributed by atoms with E-state index in [-0.39, 0.29) is 99.9 Å². The number of benzene rings is 6. The summed E-state index contributed by atoms with van der Waals surface area (Å²) in [4.78, 5) is 79.8. The molecule has 3 amide bonds. The molecule has 0 spiro atoms. The third-order valence-electron chi connectivity index (χ3n) is 19.9. The van der Waals surface area contributed by atoms with Crippen molar-refractivity contribution in [3.63, 3.8) is 0 Å². The maximum atomic E-state index is 13.1. The second-order valence-electron chi connectivity index (χ2n) is 29.0. The SMILES string of the molecule is C.C.C.CC(C)c1ccccc1-c1ncc2c(n1)N(Cc1ccc(C3OCC3(C)C)cc1)C(=O)C2.CC(C)c1ccccc1-c1ncc2c(n1)N([C@@H](C)c1ccc(-c3nc(C(F)(F)F)cn3C)cc1)C(=O)C2.CC(C)c1ccccc1-c1ncc2c(n1)N([C@H](C)c1ccc(-c3nc(C(F)(F)F)cn3C)cc1)C(=O)C2. The molecule has 0 bridgehead atoms. The molecule has 1 unspecified atom stereocenters. The highest BCUT2D eigenvalue weighted by molar-refractivity contribution is 6.02. The molecular formula is C86H93F6N13O4. The molecule has 3 atom stereocenters. The normalized spacial score (nSPS) is 15.4. The van der Waals surface area contributed by atoms with Gasteiger partial charge in [0.15, 0.2) is 28.9 Å². The summed E-state index contributed by atoms with van der Waals surface area (Å²) in [5.41, 5.74) is 12.1. The van der Waals surface area contributed by atoms with Gasteiger partial charge in [0.1, 0.15) is 29.1 Å². The molecule has 0 radical (unpaired) electrons. The fourth-order valence-corrected chi connectivity index (χ4v) is 14.2. The van der Waals surface area contributed by atoms with Crippen LogP contribution in [0.25, 0.3) is 56.9 Å². The number of hydrogen-bond donors (Lipinski definition) is 0. The molecule has 0 saturated carbocycles. The number of carbonyl (C=O) groups excluding carboxylic acids is 3. The van der Waals surface area contributed by atoms with Crippen molar-refractivity contribution >= 4 is 35.2 Å². The van der Waals surface area contributed by atoms with E-state index >= 15 is 0 Å². The lowest BCUT2D eigenvalue weighted by Crippen LogP contribution is -2.40. The van der Waals surface area contributed by atoms with Crippen LogP contribution in [0, 0.1) is 5.41 Å². The number of rotatable bonds is 15. The van der Waals surface area contributed by atoms with Gasteiger partial charge in [-0.25, -0.2) is 39.9 Å². The minimum atomic E-state index is -4.51. The molecule has 1 saturated heterocycles. The molecular weight excluding hydrogens is 1390 g/mol. The van der Waals surface area contributed by atoms with Crippen LogP contribution >= 0.6 is 0 Å². The lowest BCUT2D eigenvalue weighted by Gasteiger charge is -2.44. The standard InChI is InChI=1S/2C28H26F3N5O.C27H29N3O2.3CH4/c2*1-16(2)21-7-5-6-8-22(21)25-32-14-20-13-24(37)36(27(20)34-25)17(3)18-9-11-19(12-10-18)26-33-23(15-35(26)4)28(29,30)31;1-17(2)21-7-5-6-8-22(21)25-28-14-20-13-23(31)30(26(20)29-25)15-18-9-11-19(12-10-18)24-27(3,4)16-32-24;;;/h2*5-12,14-17H,13H2,1-4H3;5-12,14,17,24H,13,15-16H2,1-4H3;3*1H4/t2*17-;;;;/m10..../s1. The van der Waals surface area contributed by atoms with Gasteiger partial charge in [-0.05, 0) is 70.5 Å². The number of aryl methyl sites for hydroxylation is 2. The van der Waals surface area contributed by atoms with E-state index in [4.69, 9.17) is 19.7 Å². The molecule has 1 fully saturated rings. The maximum absolute atomic E-state index is 13.1. The van der Waals surface area contributed by atoms with Crippen molar-refractivity contribution in [3.8, 4) is 56.9 Å². The van der Waals surface area contributed by atoms with Crippen molar-refractivity contribution in [2.75, 3.05) is 21.3 Å². The summed E-state index contributed by atoms with van der Waals surface area (Å²) in [7, 11) is 3.06. The van der Waals surface area contributed by atoms with Gasteiger partial charge in [0.05, 0.1) is 50.6 Å². The molecule has 4 aliphatic rings. The largest absolute Gasteiger partial charge is 0.434 e. The Morgan fingerprint density at radius 3 is 1.14 bits per heavy atom. The lowest BCUT2D eigenvalue weighted by molar-refractivity contribution is -0.172. The van der Waals surface area contributed by atoms with Crippen molar-refractivity contribution in [1.82, 2.24) is 49.0 Å². The number of aromatic nitrogens is 10. The van der Waals surface area contributed by atoms with Crippen LogP contribution in [0.15, 0.2) is 177 Å². The molecule has 6 aromatic carbocycles. The lowest BCUT2D eigenvalue weighted by atomic mass is 9.79. The van der Waals surface area contributed by atoms with Crippen LogP contribution in [0.1, 0.15) is 194 Å². The first kappa shape index (κ1) is 80.5. The Balaban J connectivity index is 0.000000172. The highest BCUT2D eigenvalue weighted by atomic mass is 19.4. The topological polar surface area (TPSA) is 183 Å². The zero-order valence-electron chi connectivity index (χ0n) is 61.0. The van der Waals surface area contributed by atoms with Crippen molar-refractivity contribution < 1.29 is 45.5 Å². The second kappa shape index (κ2) is 32.0. The van der Waals surface area contributed by atoms with E-state index in [0.29, 0.717) is 59.1 Å². The van der Waals surface area contributed by atoms with Gasteiger partial charge in [0, 0.05) is 95.0 Å². The van der Waals surface area contributed by atoms with E-state index in [1.54, 1.807) is 51.4 Å². The van der Waals surface area contributed by atoms with E-state index in [0.717, 1.165) is 86.0 Å². The van der Waals surface area contributed by atoms with Gasteiger partial charge < -0.3 is 13.9 Å². The molecule has 15 rings (SSSR count). The quantitative estimate of drug-likeness (QED) is 0.0887. The van der Waals surface area contributed by atoms with E-state index in [1.165, 1.54) is 34.4 Å². The number of nitrogens with zero attached hydrogens (tertiary/aromatic N) is 13. The molecule has 11 aromatic rings. The minimum Gasteiger partial charge on any atom is -0.372 e. The highest BCUT2D eigenvalue weighted by Crippen LogP contribution is 2.46. The third kappa shape index (κ3) is 16.4. The average molecular weight is 1490 g/mol. The van der Waals surface area contributed by atoms with Crippen LogP contribution < -0.4 is 14.7 Å². The van der Waals surface area contributed by atoms with Crippen molar-refractivity contribution in [2.45, 2.75) is 166 Å². The van der Waals surface area contributed by atoms with E-state index in [2.05, 4.69) is 129 Å². The van der Waals surface area contributed by atoms with Crippen LogP contribution in [0.5, 0.6) is 0 Å². The number of anilines is 3. The number of ether oxygens (including phenoxy) is 1. The summed E-state index contributed by atoms with van der Waals surface area (Å²) < 4.78 is 86.9. The molecule has 109 heavy (non-hydrogen) atoms. The summed E-state index contributed by atoms with van der Waals surface area (Å²) in [6.07, 6.45) is -0.884. The fourth-order valence-electron chi connectivity index (χ4n) is 14.2. The zero-order valence-corrected chi connectivity index (χ0v) is 61.0. The van der Waals surface area contributed by atoms with Crippen LogP contribution in [0.3, 0.4) is 0 Å². The van der Waals surface area contributed by atoms with Gasteiger partial charge in [-0.3, -0.25) is 29.1 Å². The van der Waals surface area contributed by atoms with Crippen LogP contribution in [0.4, 0.5) is 43.8 Å². The van der Waals surface area contributed by atoms with E-state index < -0.39 is 23.7 Å². The minimum absolute atomic E-state index is 0. The Morgan fingerprint density at radius 1 is 0.459 bits per heavy atom. The monoisotopic (exact) mass is 1490 g/mol.